The average molecular weight is 376 g/mol. The summed E-state index contributed by atoms with van der Waals surface area (Å²) in [4.78, 5) is 30.1. The van der Waals surface area contributed by atoms with Crippen molar-refractivity contribution in [1.29, 1.82) is 0 Å². The Balaban J connectivity index is 1.66. The normalized spacial score (nSPS) is 14.0. The molecule has 1 atom stereocenters. The van der Waals surface area contributed by atoms with Crippen LogP contribution in [0.5, 0.6) is 0 Å². The molecule has 1 aromatic heterocycles. The first-order valence-electron chi connectivity index (χ1n) is 9.16. The Morgan fingerprint density at radius 2 is 2.04 bits per heavy atom. The highest BCUT2D eigenvalue weighted by Crippen LogP contribution is 2.31. The van der Waals surface area contributed by atoms with E-state index in [1.54, 1.807) is 24.0 Å². The van der Waals surface area contributed by atoms with Crippen LogP contribution in [0.1, 0.15) is 18.2 Å². The van der Waals surface area contributed by atoms with Crippen LogP contribution in [0.2, 0.25) is 0 Å². The van der Waals surface area contributed by atoms with Gasteiger partial charge in [-0.1, -0.05) is 30.3 Å². The van der Waals surface area contributed by atoms with E-state index in [1.807, 2.05) is 37.3 Å². The molecular weight excluding hydrogens is 356 g/mol. The number of benzene rings is 2. The number of nitrogens with zero attached hydrogens (tertiary/aromatic N) is 3. The van der Waals surface area contributed by atoms with E-state index in [4.69, 9.17) is 0 Å². The minimum Gasteiger partial charge on any atom is -0.373 e. The zero-order valence-electron chi connectivity index (χ0n) is 15.7. The van der Waals surface area contributed by atoms with Gasteiger partial charge >= 0.3 is 0 Å². The van der Waals surface area contributed by atoms with Crippen molar-refractivity contribution in [2.24, 2.45) is 0 Å². The Morgan fingerprint density at radius 1 is 1.25 bits per heavy atom. The topological polar surface area (TPSA) is 88.4 Å². The van der Waals surface area contributed by atoms with Crippen molar-refractivity contribution in [2.45, 2.75) is 26.3 Å². The number of carbonyl (C=O) groups is 1. The highest BCUT2D eigenvalue weighted by atomic mass is 16.6. The summed E-state index contributed by atoms with van der Waals surface area (Å²) >= 11 is 0. The Hall–Kier alpha value is -3.48. The second-order valence-corrected chi connectivity index (χ2v) is 6.98. The summed E-state index contributed by atoms with van der Waals surface area (Å²) < 4.78 is 0. The summed E-state index contributed by atoms with van der Waals surface area (Å²) in [5.74, 6) is -0.0296. The molecule has 2 aromatic carbocycles. The molecule has 4 rings (SSSR count). The molecule has 7 heteroatoms. The van der Waals surface area contributed by atoms with Crippen molar-refractivity contribution in [2.75, 3.05) is 16.8 Å². The van der Waals surface area contributed by atoms with Gasteiger partial charge in [0.15, 0.2) is 5.52 Å². The van der Waals surface area contributed by atoms with Crippen LogP contribution in [-0.2, 0) is 11.2 Å². The predicted octanol–water partition coefficient (Wildman–Crippen LogP) is 3.84. The molecule has 0 fully saturated rings. The molecule has 2 heterocycles. The largest absolute Gasteiger partial charge is 0.373 e. The van der Waals surface area contributed by atoms with E-state index in [-0.39, 0.29) is 11.6 Å². The van der Waals surface area contributed by atoms with E-state index in [0.717, 1.165) is 12.1 Å². The summed E-state index contributed by atoms with van der Waals surface area (Å²) in [6, 6.07) is 14.1. The minimum absolute atomic E-state index is 0.0296. The zero-order valence-corrected chi connectivity index (χ0v) is 15.7. The predicted molar refractivity (Wildman–Crippen MR) is 109 cm³/mol. The molecule has 0 bridgehead atoms. The third kappa shape index (κ3) is 3.05. The molecule has 28 heavy (non-hydrogen) atoms. The van der Waals surface area contributed by atoms with Crippen molar-refractivity contribution in [3.63, 3.8) is 0 Å². The van der Waals surface area contributed by atoms with Gasteiger partial charge in [-0.2, -0.15) is 0 Å². The number of aromatic nitrogens is 1. The van der Waals surface area contributed by atoms with Gasteiger partial charge in [0.2, 0.25) is 5.91 Å². The number of fused-ring (bicyclic) bond motifs is 2. The van der Waals surface area contributed by atoms with Crippen LogP contribution in [0.15, 0.2) is 48.5 Å². The maximum absolute atomic E-state index is 13.0. The molecule has 3 aromatic rings. The number of aryl methyl sites for hydroxylation is 1. The van der Waals surface area contributed by atoms with Crippen molar-refractivity contribution in [3.8, 4) is 0 Å². The SMILES string of the molecule is Cc1cc(NC(C)C(=O)N2CCc3ccccc32)c2cccc([N+](=O)[O-])c2n1. The Morgan fingerprint density at radius 3 is 2.82 bits per heavy atom. The number of hydrogen-bond donors (Lipinski definition) is 1. The third-order valence-corrected chi connectivity index (χ3v) is 5.04. The lowest BCUT2D eigenvalue weighted by atomic mass is 10.1. The van der Waals surface area contributed by atoms with E-state index in [9.17, 15) is 14.9 Å². The Bertz CT molecular complexity index is 1100. The number of carbonyl (C=O) groups excluding carboxylic acids is 1. The highest BCUT2D eigenvalue weighted by molar-refractivity contribution is 6.02. The number of hydrogen-bond acceptors (Lipinski definition) is 5. The number of nitrogens with one attached hydrogen (secondary N) is 1. The number of nitro groups is 1. The van der Waals surface area contributed by atoms with Gasteiger partial charge in [-0.05, 0) is 38.0 Å². The smallest absolute Gasteiger partial charge is 0.295 e. The molecule has 0 spiro atoms. The van der Waals surface area contributed by atoms with Crippen LogP contribution in [0.4, 0.5) is 17.1 Å². The quantitative estimate of drug-likeness (QED) is 0.552. The lowest BCUT2D eigenvalue weighted by Crippen LogP contribution is -2.40. The van der Waals surface area contributed by atoms with Crippen LogP contribution in [0, 0.1) is 17.0 Å². The number of anilines is 2. The minimum atomic E-state index is -0.490. The number of nitro benzene ring substituents is 1. The van der Waals surface area contributed by atoms with E-state index in [2.05, 4.69) is 10.3 Å². The van der Waals surface area contributed by atoms with Gasteiger partial charge in [0.1, 0.15) is 6.04 Å². The number of amides is 1. The van der Waals surface area contributed by atoms with Crippen molar-refractivity contribution >= 4 is 33.9 Å². The molecule has 0 aliphatic carbocycles. The van der Waals surface area contributed by atoms with Gasteiger partial charge in [-0.15, -0.1) is 0 Å². The Kier molecular flexibility index (Phi) is 4.43. The van der Waals surface area contributed by atoms with E-state index >= 15 is 0 Å². The van der Waals surface area contributed by atoms with Crippen LogP contribution >= 0.6 is 0 Å². The van der Waals surface area contributed by atoms with Gasteiger partial charge < -0.3 is 10.2 Å². The molecule has 0 saturated carbocycles. The molecule has 0 saturated heterocycles. The van der Waals surface area contributed by atoms with Gasteiger partial charge in [-0.25, -0.2) is 4.98 Å². The average Bonchev–Trinajstić information content (AvgIpc) is 3.10. The first-order valence-corrected chi connectivity index (χ1v) is 9.16. The lowest BCUT2D eigenvalue weighted by molar-refractivity contribution is -0.383. The molecule has 1 unspecified atom stereocenters. The van der Waals surface area contributed by atoms with E-state index < -0.39 is 11.0 Å². The molecule has 142 valence electrons. The third-order valence-electron chi connectivity index (χ3n) is 5.04. The lowest BCUT2D eigenvalue weighted by Gasteiger charge is -2.23. The number of non-ortho nitro benzene ring substituents is 1. The summed E-state index contributed by atoms with van der Waals surface area (Å²) in [6.45, 7) is 4.25. The summed E-state index contributed by atoms with van der Waals surface area (Å²) in [7, 11) is 0. The van der Waals surface area contributed by atoms with Crippen LogP contribution in [0.25, 0.3) is 10.9 Å². The summed E-state index contributed by atoms with van der Waals surface area (Å²) in [5, 5.41) is 15.2. The number of rotatable bonds is 4. The van der Waals surface area contributed by atoms with Gasteiger partial charge in [0.25, 0.3) is 5.69 Å². The first kappa shape index (κ1) is 17.9. The van der Waals surface area contributed by atoms with Gasteiger partial charge in [0, 0.05) is 35.1 Å². The number of pyridine rings is 1. The van der Waals surface area contributed by atoms with E-state index in [0.29, 0.717) is 28.8 Å². The van der Waals surface area contributed by atoms with Gasteiger partial charge in [0.05, 0.1) is 4.92 Å². The fourth-order valence-corrected chi connectivity index (χ4v) is 3.72. The van der Waals surface area contributed by atoms with E-state index in [1.165, 1.54) is 11.6 Å². The highest BCUT2D eigenvalue weighted by Gasteiger charge is 2.28. The maximum atomic E-state index is 13.0. The second-order valence-electron chi connectivity index (χ2n) is 6.98. The van der Waals surface area contributed by atoms with Crippen LogP contribution in [0.3, 0.4) is 0 Å². The number of para-hydroxylation sites is 2. The maximum Gasteiger partial charge on any atom is 0.295 e. The monoisotopic (exact) mass is 376 g/mol. The molecule has 1 amide bonds. The molecule has 7 nitrogen and oxygen atoms in total. The molecular formula is C21H20N4O3. The van der Waals surface area contributed by atoms with Crippen molar-refractivity contribution in [3.05, 3.63) is 69.9 Å². The second kappa shape index (κ2) is 6.92. The van der Waals surface area contributed by atoms with Crippen LogP contribution in [-0.4, -0.2) is 28.4 Å². The van der Waals surface area contributed by atoms with Crippen LogP contribution < -0.4 is 10.2 Å². The first-order chi connectivity index (χ1) is 13.5. The summed E-state index contributed by atoms with van der Waals surface area (Å²) in [5.41, 5.74) is 3.71. The fraction of sp³-hybridized carbons (Fsp3) is 0.238. The van der Waals surface area contributed by atoms with Gasteiger partial charge in [-0.3, -0.25) is 14.9 Å². The standard InChI is InChI=1S/C21H20N4O3/c1-13-12-17(16-7-5-9-19(25(27)28)20(16)22-13)23-14(2)21(26)24-11-10-15-6-3-4-8-18(15)24/h3-9,12,14H,10-11H2,1-2H3,(H,22,23). The Labute approximate surface area is 162 Å². The van der Waals surface area contributed by atoms with Crippen molar-refractivity contribution in [1.82, 2.24) is 4.98 Å². The zero-order chi connectivity index (χ0) is 19.8. The fourth-order valence-electron chi connectivity index (χ4n) is 3.72. The summed E-state index contributed by atoms with van der Waals surface area (Å²) in [6.07, 6.45) is 0.845. The van der Waals surface area contributed by atoms with Crippen molar-refractivity contribution < 1.29 is 9.72 Å². The molecule has 1 aliphatic rings. The molecule has 0 radical (unpaired) electrons. The molecule has 1 N–H and O–H groups in total. The molecule has 1 aliphatic heterocycles.